The monoisotopic (exact) mass is 356 g/mol. The van der Waals surface area contributed by atoms with Gasteiger partial charge < -0.3 is 15.1 Å². The first kappa shape index (κ1) is 16.8. The van der Waals surface area contributed by atoms with E-state index in [4.69, 9.17) is 4.42 Å². The molecule has 0 atom stereocenters. The molecule has 0 saturated heterocycles. The topological polar surface area (TPSA) is 97.1 Å². The number of carbonyl (C=O) groups is 2. The van der Waals surface area contributed by atoms with Crippen LogP contribution >= 0.6 is 11.3 Å². The Balaban J connectivity index is 1.56. The van der Waals surface area contributed by atoms with Gasteiger partial charge >= 0.3 is 0 Å². The molecule has 0 radical (unpaired) electrons. The van der Waals surface area contributed by atoms with Gasteiger partial charge in [0.25, 0.3) is 5.91 Å². The fourth-order valence-electron chi connectivity index (χ4n) is 2.11. The summed E-state index contributed by atoms with van der Waals surface area (Å²) in [4.78, 5) is 33.2. The second-order valence-electron chi connectivity index (χ2n) is 5.19. The number of aryl methyl sites for hydroxylation is 1. The molecule has 8 heteroatoms. The predicted molar refractivity (Wildman–Crippen MR) is 93.0 cm³/mol. The van der Waals surface area contributed by atoms with E-state index in [2.05, 4.69) is 20.6 Å². The minimum absolute atomic E-state index is 0.115. The van der Waals surface area contributed by atoms with Crippen molar-refractivity contribution in [1.29, 1.82) is 0 Å². The molecule has 25 heavy (non-hydrogen) atoms. The van der Waals surface area contributed by atoms with E-state index in [1.54, 1.807) is 25.3 Å². The number of rotatable bonds is 6. The van der Waals surface area contributed by atoms with Gasteiger partial charge in [0.05, 0.1) is 30.7 Å². The van der Waals surface area contributed by atoms with Crippen LogP contribution in [0.4, 0.5) is 0 Å². The zero-order valence-corrected chi connectivity index (χ0v) is 14.3. The number of amides is 2. The molecule has 3 aromatic rings. The third kappa shape index (κ3) is 4.30. The van der Waals surface area contributed by atoms with E-state index in [1.807, 2.05) is 18.2 Å². The van der Waals surface area contributed by atoms with Gasteiger partial charge in [-0.2, -0.15) is 0 Å². The molecule has 0 bridgehead atoms. The van der Waals surface area contributed by atoms with Gasteiger partial charge in [0, 0.05) is 6.20 Å². The van der Waals surface area contributed by atoms with Gasteiger partial charge in [0.2, 0.25) is 5.91 Å². The Labute approximate surface area is 148 Å². The lowest BCUT2D eigenvalue weighted by Gasteiger charge is -2.05. The van der Waals surface area contributed by atoms with Crippen LogP contribution in [-0.4, -0.2) is 28.3 Å². The van der Waals surface area contributed by atoms with E-state index in [0.29, 0.717) is 27.0 Å². The van der Waals surface area contributed by atoms with E-state index < -0.39 is 0 Å². The van der Waals surface area contributed by atoms with Crippen LogP contribution in [0, 0.1) is 6.92 Å². The van der Waals surface area contributed by atoms with Gasteiger partial charge in [-0.1, -0.05) is 6.07 Å². The van der Waals surface area contributed by atoms with E-state index in [1.165, 1.54) is 17.6 Å². The maximum absolute atomic E-state index is 12.3. The van der Waals surface area contributed by atoms with Gasteiger partial charge in [0.1, 0.15) is 15.6 Å². The second-order valence-corrected chi connectivity index (χ2v) is 6.19. The first-order chi connectivity index (χ1) is 12.1. The van der Waals surface area contributed by atoms with Gasteiger partial charge in [0.15, 0.2) is 0 Å². The van der Waals surface area contributed by atoms with Crippen LogP contribution in [0.2, 0.25) is 0 Å². The summed E-state index contributed by atoms with van der Waals surface area (Å²) in [5.74, 6) is 0.0279. The van der Waals surface area contributed by atoms with E-state index >= 15 is 0 Å². The van der Waals surface area contributed by atoms with Crippen molar-refractivity contribution >= 4 is 23.2 Å². The standard InChI is InChI=1S/C17H16N4O3S/c1-11-15(25-17(21-11)13-6-2-3-7-18-13)16(23)20-10-14(22)19-9-12-5-4-8-24-12/h2-8H,9-10H2,1H3,(H,19,22)(H,20,23). The lowest BCUT2D eigenvalue weighted by atomic mass is 10.3. The highest BCUT2D eigenvalue weighted by molar-refractivity contribution is 7.17. The van der Waals surface area contributed by atoms with Crippen molar-refractivity contribution in [2.75, 3.05) is 6.54 Å². The summed E-state index contributed by atoms with van der Waals surface area (Å²) in [6.07, 6.45) is 3.21. The molecule has 0 unspecified atom stereocenters. The second kappa shape index (κ2) is 7.71. The van der Waals surface area contributed by atoms with Crippen molar-refractivity contribution in [2.24, 2.45) is 0 Å². The molecular formula is C17H16N4O3S. The number of nitrogens with one attached hydrogen (secondary N) is 2. The number of aromatic nitrogens is 2. The summed E-state index contributed by atoms with van der Waals surface area (Å²) < 4.78 is 5.12. The van der Waals surface area contributed by atoms with E-state index in [0.717, 1.165) is 0 Å². The highest BCUT2D eigenvalue weighted by atomic mass is 32.1. The van der Waals surface area contributed by atoms with Crippen molar-refractivity contribution < 1.29 is 14.0 Å². The zero-order valence-electron chi connectivity index (χ0n) is 13.5. The van der Waals surface area contributed by atoms with Crippen LogP contribution in [0.3, 0.4) is 0 Å². The number of hydrogen-bond donors (Lipinski definition) is 2. The zero-order chi connectivity index (χ0) is 17.6. The molecule has 128 valence electrons. The molecule has 2 amide bonds. The van der Waals surface area contributed by atoms with Crippen molar-refractivity contribution in [3.8, 4) is 10.7 Å². The number of carbonyl (C=O) groups excluding carboxylic acids is 2. The summed E-state index contributed by atoms with van der Waals surface area (Å²) in [6, 6.07) is 9.02. The Morgan fingerprint density at radius 2 is 2.08 bits per heavy atom. The molecule has 7 nitrogen and oxygen atoms in total. The Hall–Kier alpha value is -3.00. The lowest BCUT2D eigenvalue weighted by molar-refractivity contribution is -0.120. The maximum atomic E-state index is 12.3. The van der Waals surface area contributed by atoms with E-state index in [-0.39, 0.29) is 24.9 Å². The van der Waals surface area contributed by atoms with Crippen molar-refractivity contribution in [3.63, 3.8) is 0 Å². The Morgan fingerprint density at radius 1 is 1.20 bits per heavy atom. The third-order valence-corrected chi connectivity index (χ3v) is 4.51. The van der Waals surface area contributed by atoms with Crippen LogP contribution in [0.15, 0.2) is 47.2 Å². The molecule has 3 rings (SSSR count). The van der Waals surface area contributed by atoms with Crippen molar-refractivity contribution in [3.05, 3.63) is 59.1 Å². The summed E-state index contributed by atoms with van der Waals surface area (Å²) in [6.45, 7) is 1.93. The van der Waals surface area contributed by atoms with Crippen LogP contribution in [0.1, 0.15) is 21.1 Å². The molecule has 0 fully saturated rings. The molecule has 0 aliphatic rings. The highest BCUT2D eigenvalue weighted by Crippen LogP contribution is 2.26. The molecular weight excluding hydrogens is 340 g/mol. The normalized spacial score (nSPS) is 10.4. The average Bonchev–Trinajstić information content (AvgIpc) is 3.28. The Bertz CT molecular complexity index is 859. The summed E-state index contributed by atoms with van der Waals surface area (Å²) >= 11 is 1.25. The molecule has 0 aliphatic carbocycles. The highest BCUT2D eigenvalue weighted by Gasteiger charge is 2.17. The number of pyridine rings is 1. The van der Waals surface area contributed by atoms with Crippen molar-refractivity contribution in [2.45, 2.75) is 13.5 Å². The number of furan rings is 1. The van der Waals surface area contributed by atoms with Gasteiger partial charge in [-0.15, -0.1) is 11.3 Å². The largest absolute Gasteiger partial charge is 0.467 e. The number of hydrogen-bond acceptors (Lipinski definition) is 6. The lowest BCUT2D eigenvalue weighted by Crippen LogP contribution is -2.36. The smallest absolute Gasteiger partial charge is 0.263 e. The number of thiazole rings is 1. The third-order valence-electron chi connectivity index (χ3n) is 3.34. The minimum atomic E-state index is -0.328. The molecule has 0 saturated carbocycles. The van der Waals surface area contributed by atoms with Crippen molar-refractivity contribution in [1.82, 2.24) is 20.6 Å². The van der Waals surface area contributed by atoms with Crippen LogP contribution in [-0.2, 0) is 11.3 Å². The fraction of sp³-hybridized carbons (Fsp3) is 0.176. The molecule has 3 heterocycles. The van der Waals surface area contributed by atoms with Gasteiger partial charge in [-0.25, -0.2) is 4.98 Å². The summed E-state index contributed by atoms with van der Waals surface area (Å²) in [7, 11) is 0. The van der Waals surface area contributed by atoms with Crippen LogP contribution < -0.4 is 10.6 Å². The molecule has 2 N–H and O–H groups in total. The molecule has 0 spiro atoms. The van der Waals surface area contributed by atoms with E-state index in [9.17, 15) is 9.59 Å². The first-order valence-electron chi connectivity index (χ1n) is 7.59. The maximum Gasteiger partial charge on any atom is 0.263 e. The summed E-state index contributed by atoms with van der Waals surface area (Å²) in [5.41, 5.74) is 1.32. The number of nitrogens with zero attached hydrogens (tertiary/aromatic N) is 2. The minimum Gasteiger partial charge on any atom is -0.467 e. The SMILES string of the molecule is Cc1nc(-c2ccccn2)sc1C(=O)NCC(=O)NCc1ccco1. The predicted octanol–water partition coefficient (Wildman–Crippen LogP) is 2.15. The van der Waals surface area contributed by atoms with Crippen LogP contribution in [0.25, 0.3) is 10.7 Å². The summed E-state index contributed by atoms with van der Waals surface area (Å²) in [5, 5.41) is 5.94. The quantitative estimate of drug-likeness (QED) is 0.705. The molecule has 3 aromatic heterocycles. The Morgan fingerprint density at radius 3 is 2.80 bits per heavy atom. The average molecular weight is 356 g/mol. The first-order valence-corrected chi connectivity index (χ1v) is 8.41. The van der Waals surface area contributed by atoms with Crippen LogP contribution in [0.5, 0.6) is 0 Å². The van der Waals surface area contributed by atoms with Gasteiger partial charge in [-0.05, 0) is 31.2 Å². The Kier molecular flexibility index (Phi) is 5.20. The van der Waals surface area contributed by atoms with Gasteiger partial charge in [-0.3, -0.25) is 14.6 Å². The fourth-order valence-corrected chi connectivity index (χ4v) is 3.07. The molecule has 0 aromatic carbocycles. The molecule has 0 aliphatic heterocycles.